The minimum atomic E-state index is -0.163. The Kier molecular flexibility index (Phi) is 5.47. The van der Waals surface area contributed by atoms with Gasteiger partial charge in [0.2, 0.25) is 0 Å². The lowest BCUT2D eigenvalue weighted by atomic mass is 10.0. The molecule has 2 N–H and O–H groups in total. The van der Waals surface area contributed by atoms with Gasteiger partial charge in [-0.15, -0.1) is 0 Å². The number of H-pyrrole nitrogens is 1. The summed E-state index contributed by atoms with van der Waals surface area (Å²) in [5.74, 6) is 0.505. The smallest absolute Gasteiger partial charge is 0.255 e. The van der Waals surface area contributed by atoms with Crippen LogP contribution in [0.2, 0.25) is 0 Å². The van der Waals surface area contributed by atoms with E-state index in [1.807, 2.05) is 60.9 Å². The minimum Gasteiger partial charge on any atom is -0.496 e. The molecule has 1 aliphatic rings. The third kappa shape index (κ3) is 4.02. The molecule has 2 aromatic heterocycles. The van der Waals surface area contributed by atoms with Gasteiger partial charge in [0, 0.05) is 65.0 Å². The quantitative estimate of drug-likeness (QED) is 0.495. The molecule has 1 fully saturated rings. The van der Waals surface area contributed by atoms with Crippen LogP contribution in [0.15, 0.2) is 67.0 Å². The largest absolute Gasteiger partial charge is 0.496 e. The summed E-state index contributed by atoms with van der Waals surface area (Å²) >= 11 is 0. The molecule has 7 heteroatoms. The number of amides is 1. The molecule has 0 aliphatic carbocycles. The SMILES string of the molecule is COc1cc(NC(=O)c2ccc(N3CCOCC3)cc2)ccc1-c1cnc2[nH]ccc2c1. The average molecular weight is 428 g/mol. The molecule has 5 rings (SSSR count). The lowest BCUT2D eigenvalue weighted by Gasteiger charge is -2.28. The maximum atomic E-state index is 12.8. The summed E-state index contributed by atoms with van der Waals surface area (Å²) < 4.78 is 11.0. The number of aromatic amines is 1. The molecule has 0 spiro atoms. The van der Waals surface area contributed by atoms with Crippen LogP contribution < -0.4 is 15.0 Å². The first-order valence-corrected chi connectivity index (χ1v) is 10.6. The average Bonchev–Trinajstić information content (AvgIpc) is 3.32. The fourth-order valence-electron chi connectivity index (χ4n) is 3.94. The number of carbonyl (C=O) groups excluding carboxylic acids is 1. The number of hydrogen-bond donors (Lipinski definition) is 2. The van der Waals surface area contributed by atoms with E-state index < -0.39 is 0 Å². The zero-order chi connectivity index (χ0) is 21.9. The number of rotatable bonds is 5. The van der Waals surface area contributed by atoms with Crippen molar-refractivity contribution in [1.82, 2.24) is 9.97 Å². The van der Waals surface area contributed by atoms with E-state index in [0.29, 0.717) is 17.0 Å². The Bertz CT molecular complexity index is 1240. The van der Waals surface area contributed by atoms with Crippen molar-refractivity contribution < 1.29 is 14.3 Å². The second-order valence-electron chi connectivity index (χ2n) is 7.65. The first-order chi connectivity index (χ1) is 15.7. The molecule has 1 aliphatic heterocycles. The Morgan fingerprint density at radius 2 is 1.91 bits per heavy atom. The molecule has 0 saturated carbocycles. The Morgan fingerprint density at radius 1 is 1.09 bits per heavy atom. The van der Waals surface area contributed by atoms with Gasteiger partial charge in [-0.05, 0) is 48.5 Å². The van der Waals surface area contributed by atoms with Gasteiger partial charge in [0.15, 0.2) is 0 Å². The molecule has 32 heavy (non-hydrogen) atoms. The number of nitrogens with one attached hydrogen (secondary N) is 2. The van der Waals surface area contributed by atoms with Crippen LogP contribution in [-0.4, -0.2) is 49.3 Å². The number of anilines is 2. The number of nitrogens with zero attached hydrogens (tertiary/aromatic N) is 2. The summed E-state index contributed by atoms with van der Waals surface area (Å²) in [4.78, 5) is 22.6. The maximum absolute atomic E-state index is 12.8. The molecule has 162 valence electrons. The summed E-state index contributed by atoms with van der Waals surface area (Å²) in [6, 6.07) is 17.3. The maximum Gasteiger partial charge on any atom is 0.255 e. The van der Waals surface area contributed by atoms with Gasteiger partial charge in [0.05, 0.1) is 20.3 Å². The van der Waals surface area contributed by atoms with Gasteiger partial charge in [-0.2, -0.15) is 0 Å². The van der Waals surface area contributed by atoms with Crippen molar-refractivity contribution in [3.63, 3.8) is 0 Å². The highest BCUT2D eigenvalue weighted by atomic mass is 16.5. The Balaban J connectivity index is 1.33. The number of aromatic nitrogens is 2. The van der Waals surface area contributed by atoms with Gasteiger partial charge in [0.1, 0.15) is 11.4 Å². The van der Waals surface area contributed by atoms with Crippen molar-refractivity contribution in [2.45, 2.75) is 0 Å². The summed E-state index contributed by atoms with van der Waals surface area (Å²) in [5, 5.41) is 3.99. The highest BCUT2D eigenvalue weighted by Crippen LogP contribution is 2.33. The van der Waals surface area contributed by atoms with Crippen molar-refractivity contribution in [3.8, 4) is 16.9 Å². The predicted octanol–water partition coefficient (Wildman–Crippen LogP) is 4.33. The van der Waals surface area contributed by atoms with Crippen molar-refractivity contribution in [2.75, 3.05) is 43.6 Å². The summed E-state index contributed by atoms with van der Waals surface area (Å²) in [5.41, 5.74) is 5.08. The number of fused-ring (bicyclic) bond motifs is 1. The zero-order valence-electron chi connectivity index (χ0n) is 17.8. The van der Waals surface area contributed by atoms with E-state index in [1.54, 1.807) is 7.11 Å². The van der Waals surface area contributed by atoms with E-state index in [2.05, 4.69) is 26.3 Å². The number of methoxy groups -OCH3 is 1. The third-order valence-corrected chi connectivity index (χ3v) is 5.68. The highest BCUT2D eigenvalue weighted by Gasteiger charge is 2.14. The van der Waals surface area contributed by atoms with Gasteiger partial charge in [-0.3, -0.25) is 4.79 Å². The standard InChI is InChI=1S/C25H24N4O3/c1-31-23-15-20(4-7-22(23)19-14-18-8-9-26-24(18)27-16-19)28-25(30)17-2-5-21(6-3-17)29-10-12-32-13-11-29/h2-9,14-16H,10-13H2,1H3,(H,26,27)(H,28,30). The summed E-state index contributed by atoms with van der Waals surface area (Å²) in [7, 11) is 1.62. The van der Waals surface area contributed by atoms with Crippen LogP contribution >= 0.6 is 0 Å². The molecule has 3 heterocycles. The molecule has 0 bridgehead atoms. The molecule has 0 unspecified atom stereocenters. The van der Waals surface area contributed by atoms with E-state index >= 15 is 0 Å². The van der Waals surface area contributed by atoms with Gasteiger partial charge in [0.25, 0.3) is 5.91 Å². The fraction of sp³-hybridized carbons (Fsp3) is 0.200. The van der Waals surface area contributed by atoms with Crippen LogP contribution in [0.5, 0.6) is 5.75 Å². The van der Waals surface area contributed by atoms with E-state index in [9.17, 15) is 4.79 Å². The lowest BCUT2D eigenvalue weighted by molar-refractivity contribution is 0.102. The number of ether oxygens (including phenoxy) is 2. The van der Waals surface area contributed by atoms with E-state index in [-0.39, 0.29) is 5.91 Å². The molecule has 0 atom stereocenters. The minimum absolute atomic E-state index is 0.163. The number of pyridine rings is 1. The fourth-order valence-corrected chi connectivity index (χ4v) is 3.94. The Labute approximate surface area is 186 Å². The van der Waals surface area contributed by atoms with E-state index in [4.69, 9.17) is 9.47 Å². The normalized spacial score (nSPS) is 13.8. The van der Waals surface area contributed by atoms with Crippen molar-refractivity contribution in [2.24, 2.45) is 0 Å². The van der Waals surface area contributed by atoms with Crippen LogP contribution in [-0.2, 0) is 4.74 Å². The van der Waals surface area contributed by atoms with Crippen LogP contribution in [0.1, 0.15) is 10.4 Å². The molecule has 2 aromatic carbocycles. The molecular formula is C25H24N4O3. The molecular weight excluding hydrogens is 404 g/mol. The van der Waals surface area contributed by atoms with Gasteiger partial charge in [-0.25, -0.2) is 4.98 Å². The monoisotopic (exact) mass is 428 g/mol. The van der Waals surface area contributed by atoms with Crippen LogP contribution in [0.3, 0.4) is 0 Å². The highest BCUT2D eigenvalue weighted by molar-refractivity contribution is 6.04. The second-order valence-corrected chi connectivity index (χ2v) is 7.65. The number of carbonyl (C=O) groups is 1. The molecule has 4 aromatic rings. The van der Waals surface area contributed by atoms with Gasteiger partial charge < -0.3 is 24.7 Å². The second kappa shape index (κ2) is 8.72. The van der Waals surface area contributed by atoms with Crippen molar-refractivity contribution >= 4 is 28.3 Å². The van der Waals surface area contributed by atoms with Crippen molar-refractivity contribution in [1.29, 1.82) is 0 Å². The number of morpholine rings is 1. The van der Waals surface area contributed by atoms with Crippen LogP contribution in [0.4, 0.5) is 11.4 Å². The number of benzene rings is 2. The topological polar surface area (TPSA) is 79.5 Å². The summed E-state index contributed by atoms with van der Waals surface area (Å²) in [6.07, 6.45) is 3.68. The molecule has 1 saturated heterocycles. The zero-order valence-corrected chi connectivity index (χ0v) is 17.8. The van der Waals surface area contributed by atoms with E-state index in [1.165, 1.54) is 0 Å². The third-order valence-electron chi connectivity index (χ3n) is 5.68. The summed E-state index contributed by atoms with van der Waals surface area (Å²) in [6.45, 7) is 3.19. The lowest BCUT2D eigenvalue weighted by Crippen LogP contribution is -2.36. The first-order valence-electron chi connectivity index (χ1n) is 10.6. The molecule has 1 amide bonds. The van der Waals surface area contributed by atoms with Gasteiger partial charge >= 0.3 is 0 Å². The number of hydrogen-bond acceptors (Lipinski definition) is 5. The Hall–Kier alpha value is -3.84. The molecule has 0 radical (unpaired) electrons. The van der Waals surface area contributed by atoms with Gasteiger partial charge in [-0.1, -0.05) is 0 Å². The Morgan fingerprint density at radius 3 is 2.69 bits per heavy atom. The van der Waals surface area contributed by atoms with E-state index in [0.717, 1.165) is 54.2 Å². The molecule has 7 nitrogen and oxygen atoms in total. The van der Waals surface area contributed by atoms with Crippen molar-refractivity contribution in [3.05, 3.63) is 72.6 Å². The predicted molar refractivity (Wildman–Crippen MR) is 126 cm³/mol. The van der Waals surface area contributed by atoms with Crippen LogP contribution in [0.25, 0.3) is 22.2 Å². The first kappa shape index (κ1) is 20.1. The van der Waals surface area contributed by atoms with Crippen LogP contribution in [0, 0.1) is 0 Å².